The van der Waals surface area contributed by atoms with Gasteiger partial charge in [-0.25, -0.2) is 0 Å². The highest BCUT2D eigenvalue weighted by Crippen LogP contribution is 2.27. The molecule has 6 nitrogen and oxygen atoms in total. The first kappa shape index (κ1) is 17.8. The van der Waals surface area contributed by atoms with E-state index in [2.05, 4.69) is 20.2 Å². The monoisotopic (exact) mass is 375 g/mol. The van der Waals surface area contributed by atoms with E-state index in [1.165, 1.54) is 0 Å². The third-order valence-electron chi connectivity index (χ3n) is 3.70. The predicted octanol–water partition coefficient (Wildman–Crippen LogP) is 5.92. The SMILES string of the molecule is [N-]=[N+]=NC(Cc1ccc(Cl)cc1)c1ccc(-c2nnc(C(F)F)o2)cc1. The minimum absolute atomic E-state index is 0.00452. The second kappa shape index (κ2) is 7.95. The fraction of sp³-hybridized carbons (Fsp3) is 0.176. The molecule has 0 aliphatic carbocycles. The second-order valence-electron chi connectivity index (χ2n) is 5.42. The fourth-order valence-corrected chi connectivity index (χ4v) is 2.54. The summed E-state index contributed by atoms with van der Waals surface area (Å²) in [4.78, 5) is 2.90. The van der Waals surface area contributed by atoms with Gasteiger partial charge in [-0.05, 0) is 47.3 Å². The third-order valence-corrected chi connectivity index (χ3v) is 3.96. The Morgan fingerprint density at radius 2 is 1.77 bits per heavy atom. The van der Waals surface area contributed by atoms with Crippen LogP contribution in [0.2, 0.25) is 5.02 Å². The quantitative estimate of drug-likeness (QED) is 0.304. The van der Waals surface area contributed by atoms with Gasteiger partial charge in [0, 0.05) is 15.5 Å². The molecule has 1 heterocycles. The standard InChI is InChI=1S/C17H12ClF2N5O/c18-13-7-1-10(2-8-13)9-14(22-25-21)11-3-5-12(6-4-11)16-23-24-17(26-16)15(19)20/h1-8,14-15H,9H2. The van der Waals surface area contributed by atoms with Gasteiger partial charge >= 0.3 is 6.43 Å². The molecule has 0 aliphatic heterocycles. The molecule has 0 spiro atoms. The van der Waals surface area contributed by atoms with Crippen molar-refractivity contribution in [3.63, 3.8) is 0 Å². The van der Waals surface area contributed by atoms with Gasteiger partial charge in [0.25, 0.3) is 5.89 Å². The van der Waals surface area contributed by atoms with Crippen LogP contribution in [-0.2, 0) is 6.42 Å². The van der Waals surface area contributed by atoms with Crippen molar-refractivity contribution < 1.29 is 13.2 Å². The molecule has 1 atom stereocenters. The van der Waals surface area contributed by atoms with E-state index >= 15 is 0 Å². The van der Waals surface area contributed by atoms with Gasteiger partial charge in [-0.15, -0.1) is 10.2 Å². The Morgan fingerprint density at radius 3 is 2.35 bits per heavy atom. The van der Waals surface area contributed by atoms with Crippen molar-refractivity contribution >= 4 is 11.6 Å². The summed E-state index contributed by atoms with van der Waals surface area (Å²) in [5.41, 5.74) is 11.1. The number of rotatable bonds is 6. The molecule has 0 amide bonds. The zero-order chi connectivity index (χ0) is 18.5. The summed E-state index contributed by atoms with van der Waals surface area (Å²) < 4.78 is 30.0. The van der Waals surface area contributed by atoms with Crippen molar-refractivity contribution in [1.82, 2.24) is 10.2 Å². The van der Waals surface area contributed by atoms with Crippen LogP contribution in [0.3, 0.4) is 0 Å². The first-order chi connectivity index (χ1) is 12.6. The normalized spacial score (nSPS) is 12.0. The molecule has 26 heavy (non-hydrogen) atoms. The molecule has 0 radical (unpaired) electrons. The second-order valence-corrected chi connectivity index (χ2v) is 5.86. The Hall–Kier alpha value is -2.96. The molecular formula is C17H12ClF2N5O. The Bertz CT molecular complexity index is 921. The summed E-state index contributed by atoms with van der Waals surface area (Å²) in [5.74, 6) is -0.719. The van der Waals surface area contributed by atoms with E-state index in [-0.39, 0.29) is 5.89 Å². The first-order valence-electron chi connectivity index (χ1n) is 7.57. The number of alkyl halides is 2. The van der Waals surface area contributed by atoms with Gasteiger partial charge < -0.3 is 4.42 Å². The summed E-state index contributed by atoms with van der Waals surface area (Å²) >= 11 is 5.87. The van der Waals surface area contributed by atoms with E-state index in [0.717, 1.165) is 11.1 Å². The molecular weight excluding hydrogens is 364 g/mol. The average Bonchev–Trinajstić information content (AvgIpc) is 3.14. The molecule has 0 bridgehead atoms. The van der Waals surface area contributed by atoms with Crippen LogP contribution in [-0.4, -0.2) is 10.2 Å². The highest BCUT2D eigenvalue weighted by molar-refractivity contribution is 6.30. The number of hydrogen-bond donors (Lipinski definition) is 0. The van der Waals surface area contributed by atoms with Crippen LogP contribution >= 0.6 is 11.6 Å². The van der Waals surface area contributed by atoms with Crippen LogP contribution in [0.5, 0.6) is 0 Å². The molecule has 0 aliphatic rings. The molecule has 132 valence electrons. The zero-order valence-corrected chi connectivity index (χ0v) is 14.0. The van der Waals surface area contributed by atoms with Crippen LogP contribution in [0, 0.1) is 0 Å². The fourth-order valence-electron chi connectivity index (χ4n) is 2.42. The molecule has 1 unspecified atom stereocenters. The number of benzene rings is 2. The predicted molar refractivity (Wildman–Crippen MR) is 91.7 cm³/mol. The molecule has 0 saturated heterocycles. The minimum Gasteiger partial charge on any atom is -0.415 e. The van der Waals surface area contributed by atoms with E-state index in [0.29, 0.717) is 17.0 Å². The molecule has 3 aromatic rings. The minimum atomic E-state index is -2.82. The number of azide groups is 1. The molecule has 1 aromatic heterocycles. The highest BCUT2D eigenvalue weighted by Gasteiger charge is 2.17. The summed E-state index contributed by atoms with van der Waals surface area (Å²) in [7, 11) is 0. The maximum absolute atomic E-state index is 12.5. The van der Waals surface area contributed by atoms with Gasteiger partial charge in [0.2, 0.25) is 5.89 Å². The maximum atomic E-state index is 12.5. The van der Waals surface area contributed by atoms with Crippen LogP contribution in [0.1, 0.15) is 29.5 Å². The van der Waals surface area contributed by atoms with Crippen molar-refractivity contribution in [3.8, 4) is 11.5 Å². The maximum Gasteiger partial charge on any atom is 0.314 e. The van der Waals surface area contributed by atoms with E-state index in [4.69, 9.17) is 21.5 Å². The van der Waals surface area contributed by atoms with Crippen LogP contribution in [0.15, 0.2) is 58.1 Å². The Labute approximate surface area is 152 Å². The molecule has 3 rings (SSSR count). The van der Waals surface area contributed by atoms with Gasteiger partial charge in [-0.1, -0.05) is 41.0 Å². The first-order valence-corrected chi connectivity index (χ1v) is 7.95. The topological polar surface area (TPSA) is 87.7 Å². The summed E-state index contributed by atoms with van der Waals surface area (Å²) in [6.07, 6.45) is -2.32. The summed E-state index contributed by atoms with van der Waals surface area (Å²) in [5, 5.41) is 11.4. The van der Waals surface area contributed by atoms with Crippen molar-refractivity contribution in [1.29, 1.82) is 0 Å². The van der Waals surface area contributed by atoms with Gasteiger partial charge in [-0.3, -0.25) is 0 Å². The lowest BCUT2D eigenvalue weighted by Gasteiger charge is -2.12. The van der Waals surface area contributed by atoms with Crippen LogP contribution in [0.4, 0.5) is 8.78 Å². The van der Waals surface area contributed by atoms with Crippen molar-refractivity contribution in [2.45, 2.75) is 18.9 Å². The van der Waals surface area contributed by atoms with Crippen molar-refractivity contribution in [3.05, 3.63) is 81.0 Å². The lowest BCUT2D eigenvalue weighted by Crippen LogP contribution is -1.99. The molecule has 9 heteroatoms. The smallest absolute Gasteiger partial charge is 0.314 e. The molecule has 0 fully saturated rings. The van der Waals surface area contributed by atoms with Crippen LogP contribution < -0.4 is 0 Å². The lowest BCUT2D eigenvalue weighted by atomic mass is 9.98. The molecule has 2 aromatic carbocycles. The van der Waals surface area contributed by atoms with Crippen molar-refractivity contribution in [2.24, 2.45) is 5.11 Å². The number of nitrogens with zero attached hydrogens (tertiary/aromatic N) is 5. The number of halogens is 3. The molecule has 0 saturated carbocycles. The summed E-state index contributed by atoms with van der Waals surface area (Å²) in [6.45, 7) is 0. The van der Waals surface area contributed by atoms with E-state index in [9.17, 15) is 8.78 Å². The van der Waals surface area contributed by atoms with Gasteiger partial charge in [0.1, 0.15) is 0 Å². The van der Waals surface area contributed by atoms with Crippen molar-refractivity contribution in [2.75, 3.05) is 0 Å². The van der Waals surface area contributed by atoms with Crippen LogP contribution in [0.25, 0.3) is 21.9 Å². The zero-order valence-electron chi connectivity index (χ0n) is 13.3. The average molecular weight is 376 g/mol. The van der Waals surface area contributed by atoms with Gasteiger partial charge in [0.15, 0.2) is 0 Å². The lowest BCUT2D eigenvalue weighted by molar-refractivity contribution is 0.116. The van der Waals surface area contributed by atoms with E-state index in [1.807, 2.05) is 12.1 Å². The Balaban J connectivity index is 1.81. The molecule has 0 N–H and O–H groups in total. The van der Waals surface area contributed by atoms with Gasteiger partial charge in [-0.2, -0.15) is 8.78 Å². The largest absolute Gasteiger partial charge is 0.415 e. The Morgan fingerprint density at radius 1 is 1.08 bits per heavy atom. The Kier molecular flexibility index (Phi) is 5.46. The van der Waals surface area contributed by atoms with E-state index < -0.39 is 18.4 Å². The highest BCUT2D eigenvalue weighted by atomic mass is 35.5. The third kappa shape index (κ3) is 4.17. The number of aromatic nitrogens is 2. The van der Waals surface area contributed by atoms with Gasteiger partial charge in [0.05, 0.1) is 6.04 Å². The summed E-state index contributed by atoms with van der Waals surface area (Å²) in [6, 6.07) is 13.6. The number of hydrogen-bond acceptors (Lipinski definition) is 4. The van der Waals surface area contributed by atoms with E-state index in [1.54, 1.807) is 36.4 Å².